The summed E-state index contributed by atoms with van der Waals surface area (Å²) in [6, 6.07) is 0. The van der Waals surface area contributed by atoms with Gasteiger partial charge in [-0.3, -0.25) is 0 Å². The zero-order valence-electron chi connectivity index (χ0n) is 13.2. The van der Waals surface area contributed by atoms with Crippen LogP contribution in [-0.4, -0.2) is 36.1 Å². The molecule has 0 spiro atoms. The first-order valence-corrected chi connectivity index (χ1v) is 6.81. The third kappa shape index (κ3) is 2.15. The van der Waals surface area contributed by atoms with E-state index in [-0.39, 0.29) is 0 Å². The minimum Gasteiger partial charge on any atom is -0.538 e. The molecule has 0 unspecified atom stereocenters. The monoisotopic (exact) mass is 273 g/mol. The van der Waals surface area contributed by atoms with E-state index in [2.05, 4.69) is 0 Å². The van der Waals surface area contributed by atoms with Crippen molar-refractivity contribution in [1.29, 1.82) is 0 Å². The van der Waals surface area contributed by atoms with Gasteiger partial charge in [0.25, 0.3) is 0 Å². The Labute approximate surface area is 115 Å². The summed E-state index contributed by atoms with van der Waals surface area (Å²) in [7, 11) is -1.13. The highest BCUT2D eigenvalue weighted by atomic mass is 19.1. The lowest BCUT2D eigenvalue weighted by Gasteiger charge is -2.36. The Bertz CT molecular complexity index is 363. The third-order valence-electron chi connectivity index (χ3n) is 4.96. The van der Waals surface area contributed by atoms with Crippen molar-refractivity contribution in [3.8, 4) is 0 Å². The molecule has 0 saturated carbocycles. The zero-order valence-corrected chi connectivity index (χ0v) is 13.2. The SMILES string of the molecule is CC1(C)OB([B-]2(F)OC(C)(C)C(C)(C)O2)OC1(C)C. The molecule has 0 aromatic carbocycles. The molecule has 0 aromatic heterocycles. The second kappa shape index (κ2) is 3.75. The third-order valence-corrected chi connectivity index (χ3v) is 4.96. The lowest BCUT2D eigenvalue weighted by Crippen LogP contribution is -2.53. The average molecular weight is 273 g/mol. The van der Waals surface area contributed by atoms with Crippen LogP contribution in [0.5, 0.6) is 0 Å². The quantitative estimate of drug-likeness (QED) is 0.688. The van der Waals surface area contributed by atoms with Crippen molar-refractivity contribution in [3.63, 3.8) is 0 Å². The molecule has 2 aliphatic rings. The summed E-state index contributed by atoms with van der Waals surface area (Å²) in [5, 5.41) is 0. The van der Waals surface area contributed by atoms with Crippen LogP contribution < -0.4 is 0 Å². The van der Waals surface area contributed by atoms with Crippen LogP contribution in [-0.2, 0) is 18.6 Å². The smallest absolute Gasteiger partial charge is 0.437 e. The Morgan fingerprint density at radius 2 is 1.00 bits per heavy atom. The Kier molecular flexibility index (Phi) is 3.02. The molecule has 0 radical (unpaired) electrons. The predicted molar refractivity (Wildman–Crippen MR) is 73.3 cm³/mol. The van der Waals surface area contributed by atoms with Crippen molar-refractivity contribution in [3.05, 3.63) is 0 Å². The van der Waals surface area contributed by atoms with Gasteiger partial charge in [0.2, 0.25) is 0 Å². The Balaban J connectivity index is 2.26. The zero-order chi connectivity index (χ0) is 14.9. The van der Waals surface area contributed by atoms with Gasteiger partial charge in [0.05, 0.1) is 11.2 Å². The molecule has 19 heavy (non-hydrogen) atoms. The molecule has 0 bridgehead atoms. The van der Waals surface area contributed by atoms with E-state index in [9.17, 15) is 0 Å². The Morgan fingerprint density at radius 3 is 1.32 bits per heavy atom. The van der Waals surface area contributed by atoms with Crippen LogP contribution in [0.3, 0.4) is 0 Å². The second-order valence-electron chi connectivity index (χ2n) is 7.55. The maximum Gasteiger partial charge on any atom is 0.437 e. The van der Waals surface area contributed by atoms with Gasteiger partial charge in [0.15, 0.2) is 0 Å². The number of rotatable bonds is 1. The van der Waals surface area contributed by atoms with Gasteiger partial charge in [0.1, 0.15) is 0 Å². The first kappa shape index (κ1) is 15.3. The van der Waals surface area contributed by atoms with Crippen LogP contribution >= 0.6 is 0 Å². The standard InChI is InChI=1S/C12H24B2FO4/c1-9(2)10(3,4)17-13(16-9)14(15)18-11(5,6)12(7,8)19-14/h1-8H3/q-1. The van der Waals surface area contributed by atoms with Gasteiger partial charge in [0, 0.05) is 11.2 Å². The fourth-order valence-electron chi connectivity index (χ4n) is 2.27. The summed E-state index contributed by atoms with van der Waals surface area (Å²) >= 11 is 0. The molecule has 0 aromatic rings. The molecule has 0 N–H and O–H groups in total. The molecule has 2 heterocycles. The van der Waals surface area contributed by atoms with Crippen molar-refractivity contribution in [1.82, 2.24) is 0 Å². The fraction of sp³-hybridized carbons (Fsp3) is 1.00. The van der Waals surface area contributed by atoms with E-state index in [1.165, 1.54) is 0 Å². The minimum absolute atomic E-state index is 0.609. The van der Waals surface area contributed by atoms with E-state index in [0.717, 1.165) is 0 Å². The molecule has 0 amide bonds. The van der Waals surface area contributed by atoms with E-state index < -0.39 is 36.1 Å². The van der Waals surface area contributed by atoms with Gasteiger partial charge in [-0.2, -0.15) is 0 Å². The maximum absolute atomic E-state index is 15.1. The molecule has 0 atom stereocenters. The predicted octanol–water partition coefficient (Wildman–Crippen LogP) is 2.67. The van der Waals surface area contributed by atoms with Gasteiger partial charge in [-0.25, -0.2) is 0 Å². The van der Waals surface area contributed by atoms with Gasteiger partial charge < -0.3 is 22.9 Å². The second-order valence-corrected chi connectivity index (χ2v) is 7.55. The summed E-state index contributed by atoms with van der Waals surface area (Å²) < 4.78 is 37.6. The highest BCUT2D eigenvalue weighted by Crippen LogP contribution is 2.47. The molecule has 7 heteroatoms. The minimum atomic E-state index is -3.14. The van der Waals surface area contributed by atoms with E-state index in [1.54, 1.807) is 27.7 Å². The fourth-order valence-corrected chi connectivity index (χ4v) is 2.27. The molecule has 2 rings (SSSR count). The lowest BCUT2D eigenvalue weighted by atomic mass is 9.44. The van der Waals surface area contributed by atoms with Crippen LogP contribution in [0.25, 0.3) is 0 Å². The van der Waals surface area contributed by atoms with Crippen molar-refractivity contribution in [2.45, 2.75) is 77.8 Å². The van der Waals surface area contributed by atoms with Crippen molar-refractivity contribution in [2.75, 3.05) is 0 Å². The average Bonchev–Trinajstić information content (AvgIpc) is 2.42. The van der Waals surface area contributed by atoms with E-state index in [4.69, 9.17) is 18.6 Å². The first-order chi connectivity index (χ1) is 8.23. The molecule has 2 fully saturated rings. The highest BCUT2D eigenvalue weighted by Gasteiger charge is 2.64. The molecule has 4 nitrogen and oxygen atoms in total. The van der Waals surface area contributed by atoms with Crippen molar-refractivity contribution >= 4 is 13.7 Å². The lowest BCUT2D eigenvalue weighted by molar-refractivity contribution is 0.00578. The van der Waals surface area contributed by atoms with Crippen LogP contribution in [0.4, 0.5) is 4.32 Å². The largest absolute Gasteiger partial charge is 0.538 e. The van der Waals surface area contributed by atoms with Crippen LogP contribution in [0.2, 0.25) is 0 Å². The Hall–Kier alpha value is -0.100. The molecule has 0 aliphatic carbocycles. The van der Waals surface area contributed by atoms with Crippen LogP contribution in [0.1, 0.15) is 55.4 Å². The van der Waals surface area contributed by atoms with E-state index in [0.29, 0.717) is 0 Å². The number of hydrogen-bond acceptors (Lipinski definition) is 4. The van der Waals surface area contributed by atoms with Gasteiger partial charge in [-0.05, 0) is 55.4 Å². The summed E-state index contributed by atoms with van der Waals surface area (Å²) in [4.78, 5) is 0. The van der Waals surface area contributed by atoms with Gasteiger partial charge in [-0.15, -0.1) is 0 Å². The van der Waals surface area contributed by atoms with Crippen LogP contribution in [0.15, 0.2) is 0 Å². The van der Waals surface area contributed by atoms with E-state index in [1.807, 2.05) is 27.7 Å². The summed E-state index contributed by atoms with van der Waals surface area (Å²) in [5.41, 5.74) is -2.71. The summed E-state index contributed by atoms with van der Waals surface area (Å²) in [5.74, 6) is 0. The number of halogens is 1. The molecule has 110 valence electrons. The van der Waals surface area contributed by atoms with Crippen LogP contribution in [0, 0.1) is 0 Å². The number of hydrogen-bond donors (Lipinski definition) is 0. The van der Waals surface area contributed by atoms with E-state index >= 15 is 4.32 Å². The van der Waals surface area contributed by atoms with Crippen molar-refractivity contribution in [2.24, 2.45) is 0 Å². The summed E-state index contributed by atoms with van der Waals surface area (Å²) in [6.07, 6.45) is 0. The van der Waals surface area contributed by atoms with Crippen molar-refractivity contribution < 1.29 is 22.9 Å². The molecule has 2 aliphatic heterocycles. The molecule has 2 saturated heterocycles. The summed E-state index contributed by atoms with van der Waals surface area (Å²) in [6.45, 7) is 11.6. The van der Waals surface area contributed by atoms with Gasteiger partial charge >= 0.3 is 13.7 Å². The molecular formula is C12H24B2FO4-. The first-order valence-electron chi connectivity index (χ1n) is 6.81. The van der Waals surface area contributed by atoms with Gasteiger partial charge in [-0.1, -0.05) is 0 Å². The Morgan fingerprint density at radius 1 is 0.684 bits per heavy atom. The maximum atomic E-state index is 15.1. The highest BCUT2D eigenvalue weighted by molar-refractivity contribution is 7.19. The topological polar surface area (TPSA) is 36.9 Å². The normalized spacial score (nSPS) is 33.6. The molecular weight excluding hydrogens is 249 g/mol.